The zero-order valence-electron chi connectivity index (χ0n) is 17.6. The van der Waals surface area contributed by atoms with Gasteiger partial charge >= 0.3 is 11.8 Å². The van der Waals surface area contributed by atoms with Crippen LogP contribution in [-0.2, 0) is 20.7 Å². The van der Waals surface area contributed by atoms with Gasteiger partial charge in [-0.05, 0) is 42.3 Å². The van der Waals surface area contributed by atoms with E-state index in [0.29, 0.717) is 31.2 Å². The van der Waals surface area contributed by atoms with Crippen molar-refractivity contribution in [3.05, 3.63) is 53.6 Å². The average molecular weight is 426 g/mol. The molecule has 0 bridgehead atoms. The minimum absolute atomic E-state index is 0.0287. The molecule has 8 heteroatoms. The molecule has 3 N–H and O–H groups in total. The topological polar surface area (TPSA) is 90.3 Å². The Balaban J connectivity index is 1.41. The number of morpholine rings is 1. The molecule has 31 heavy (non-hydrogen) atoms. The zero-order valence-corrected chi connectivity index (χ0v) is 17.6. The van der Waals surface area contributed by atoms with E-state index in [1.807, 2.05) is 30.3 Å². The van der Waals surface area contributed by atoms with Gasteiger partial charge in [-0.3, -0.25) is 9.59 Å². The Kier molecular flexibility index (Phi) is 6.69. The van der Waals surface area contributed by atoms with Crippen molar-refractivity contribution in [2.75, 3.05) is 45.0 Å². The lowest BCUT2D eigenvalue weighted by Gasteiger charge is -2.32. The predicted octanol–water partition coefficient (Wildman–Crippen LogP) is 0.689. The van der Waals surface area contributed by atoms with Crippen LogP contribution in [0.15, 0.2) is 42.5 Å². The molecule has 2 heterocycles. The molecule has 164 valence electrons. The molecule has 8 nitrogen and oxygen atoms in total. The molecule has 4 rings (SSSR count). The van der Waals surface area contributed by atoms with E-state index in [2.05, 4.69) is 17.6 Å². The number of fused-ring (bicyclic) bond motifs is 1. The largest absolute Gasteiger partial charge is 0.454 e. The summed E-state index contributed by atoms with van der Waals surface area (Å²) in [6.07, 6.45) is 0.917. The van der Waals surface area contributed by atoms with Crippen LogP contribution in [0.25, 0.3) is 0 Å². The number of carbonyl (C=O) groups excluding carboxylic acids is 2. The van der Waals surface area contributed by atoms with E-state index in [1.54, 1.807) is 12.1 Å². The van der Waals surface area contributed by atoms with Gasteiger partial charge in [0, 0.05) is 11.3 Å². The van der Waals surface area contributed by atoms with Crippen molar-refractivity contribution in [2.24, 2.45) is 0 Å². The fourth-order valence-corrected chi connectivity index (χ4v) is 3.90. The number of rotatable bonds is 6. The number of carbonyl (C=O) groups is 2. The van der Waals surface area contributed by atoms with Crippen LogP contribution in [0.5, 0.6) is 11.5 Å². The van der Waals surface area contributed by atoms with Gasteiger partial charge in [-0.2, -0.15) is 0 Å². The minimum Gasteiger partial charge on any atom is -0.454 e. The smallest absolute Gasteiger partial charge is 0.313 e. The molecule has 2 aliphatic heterocycles. The predicted molar refractivity (Wildman–Crippen MR) is 114 cm³/mol. The highest BCUT2D eigenvalue weighted by atomic mass is 16.7. The SMILES string of the molecule is CCc1ccc(NC(=O)C(=O)NC[C@@H](c2ccc3c(c2)OCO3)[NH+]2CCOCC2)cc1. The van der Waals surface area contributed by atoms with Crippen molar-refractivity contribution in [1.82, 2.24) is 5.32 Å². The van der Waals surface area contributed by atoms with E-state index in [1.165, 1.54) is 10.5 Å². The molecule has 2 aliphatic rings. The Morgan fingerprint density at radius 3 is 2.48 bits per heavy atom. The van der Waals surface area contributed by atoms with E-state index in [-0.39, 0.29) is 12.8 Å². The van der Waals surface area contributed by atoms with Crippen molar-refractivity contribution in [3.8, 4) is 11.5 Å². The van der Waals surface area contributed by atoms with Crippen molar-refractivity contribution >= 4 is 17.5 Å². The fourth-order valence-electron chi connectivity index (χ4n) is 3.90. The number of hydrogen-bond acceptors (Lipinski definition) is 5. The Morgan fingerprint density at radius 2 is 1.74 bits per heavy atom. The van der Waals surface area contributed by atoms with Gasteiger partial charge in [-0.25, -0.2) is 0 Å². The second-order valence-electron chi connectivity index (χ2n) is 7.65. The number of nitrogens with one attached hydrogen (secondary N) is 3. The number of anilines is 1. The summed E-state index contributed by atoms with van der Waals surface area (Å²) in [5.74, 6) is 0.0929. The number of benzene rings is 2. The van der Waals surface area contributed by atoms with Crippen LogP contribution in [0.3, 0.4) is 0 Å². The number of aryl methyl sites for hydroxylation is 1. The summed E-state index contributed by atoms with van der Waals surface area (Å²) in [5.41, 5.74) is 2.79. The Labute approximate surface area is 181 Å². The molecule has 0 saturated carbocycles. The van der Waals surface area contributed by atoms with Gasteiger partial charge < -0.3 is 29.7 Å². The molecule has 1 fully saturated rings. The second kappa shape index (κ2) is 9.80. The Morgan fingerprint density at radius 1 is 1.00 bits per heavy atom. The normalized spacial score (nSPS) is 16.5. The van der Waals surface area contributed by atoms with E-state index >= 15 is 0 Å². The van der Waals surface area contributed by atoms with Gasteiger partial charge in [-0.1, -0.05) is 19.1 Å². The standard InChI is InChI=1S/C23H27N3O5/c1-2-16-3-6-18(7-4-16)25-23(28)22(27)24-14-19(26-9-11-29-12-10-26)17-5-8-20-21(13-17)31-15-30-20/h3-8,13,19H,2,9-12,14-15H2,1H3,(H,24,27)(H,25,28)/p+1/t19-/m0/s1. The monoisotopic (exact) mass is 426 g/mol. The number of quaternary nitrogens is 1. The van der Waals surface area contributed by atoms with Gasteiger partial charge in [0.2, 0.25) is 6.79 Å². The van der Waals surface area contributed by atoms with Crippen LogP contribution in [0.4, 0.5) is 5.69 Å². The van der Waals surface area contributed by atoms with Gasteiger partial charge in [0.1, 0.15) is 19.1 Å². The van der Waals surface area contributed by atoms with Gasteiger partial charge in [0.05, 0.1) is 19.8 Å². The summed E-state index contributed by atoms with van der Waals surface area (Å²) >= 11 is 0. The van der Waals surface area contributed by atoms with Crippen molar-refractivity contribution in [2.45, 2.75) is 19.4 Å². The summed E-state index contributed by atoms with van der Waals surface area (Å²) in [6, 6.07) is 13.3. The first-order valence-electron chi connectivity index (χ1n) is 10.6. The number of ether oxygens (including phenoxy) is 3. The highest BCUT2D eigenvalue weighted by Crippen LogP contribution is 2.33. The summed E-state index contributed by atoms with van der Waals surface area (Å²) in [6.45, 7) is 5.58. The minimum atomic E-state index is -0.675. The summed E-state index contributed by atoms with van der Waals surface area (Å²) < 4.78 is 16.4. The van der Waals surface area contributed by atoms with Gasteiger partial charge in [0.15, 0.2) is 11.5 Å². The molecular formula is C23H28N3O5+. The van der Waals surface area contributed by atoms with Crippen LogP contribution in [0.2, 0.25) is 0 Å². The van der Waals surface area contributed by atoms with Crippen molar-refractivity contribution in [1.29, 1.82) is 0 Å². The van der Waals surface area contributed by atoms with Crippen LogP contribution in [0.1, 0.15) is 24.1 Å². The van der Waals surface area contributed by atoms with Crippen LogP contribution < -0.4 is 25.0 Å². The van der Waals surface area contributed by atoms with Gasteiger partial charge in [-0.15, -0.1) is 0 Å². The maximum absolute atomic E-state index is 12.5. The Hall–Kier alpha value is -3.10. The molecule has 0 aliphatic carbocycles. The third-order valence-electron chi connectivity index (χ3n) is 5.72. The van der Waals surface area contributed by atoms with Crippen molar-refractivity contribution < 1.29 is 28.7 Å². The van der Waals surface area contributed by atoms with Crippen LogP contribution in [-0.4, -0.2) is 51.5 Å². The summed E-state index contributed by atoms with van der Waals surface area (Å²) in [5, 5.41) is 5.46. The van der Waals surface area contributed by atoms with E-state index in [0.717, 1.165) is 30.8 Å². The molecule has 1 atom stereocenters. The molecule has 1 saturated heterocycles. The summed E-state index contributed by atoms with van der Waals surface area (Å²) in [4.78, 5) is 26.1. The molecule has 0 aromatic heterocycles. The van der Waals surface area contributed by atoms with Crippen LogP contribution in [0, 0.1) is 0 Å². The highest BCUT2D eigenvalue weighted by Gasteiger charge is 2.29. The number of amides is 2. The third-order valence-corrected chi connectivity index (χ3v) is 5.72. The quantitative estimate of drug-likeness (QED) is 0.592. The van der Waals surface area contributed by atoms with E-state index in [4.69, 9.17) is 14.2 Å². The lowest BCUT2D eigenvalue weighted by Crippen LogP contribution is -3.15. The lowest BCUT2D eigenvalue weighted by molar-refractivity contribution is -0.937. The second-order valence-corrected chi connectivity index (χ2v) is 7.65. The molecular weight excluding hydrogens is 398 g/mol. The first-order valence-corrected chi connectivity index (χ1v) is 10.6. The van der Waals surface area contributed by atoms with Gasteiger partial charge in [0.25, 0.3) is 0 Å². The molecule has 0 radical (unpaired) electrons. The lowest BCUT2D eigenvalue weighted by atomic mass is 10.0. The zero-order chi connectivity index (χ0) is 21.6. The Bertz CT molecular complexity index is 925. The molecule has 2 amide bonds. The van der Waals surface area contributed by atoms with E-state index in [9.17, 15) is 9.59 Å². The fraction of sp³-hybridized carbons (Fsp3) is 0.391. The third kappa shape index (κ3) is 5.15. The average Bonchev–Trinajstić information content (AvgIpc) is 3.28. The first kappa shape index (κ1) is 21.1. The maximum atomic E-state index is 12.5. The molecule has 2 aromatic rings. The van der Waals surface area contributed by atoms with Crippen molar-refractivity contribution in [3.63, 3.8) is 0 Å². The molecule has 0 unspecified atom stereocenters. The number of hydrogen-bond donors (Lipinski definition) is 3. The summed E-state index contributed by atoms with van der Waals surface area (Å²) in [7, 11) is 0. The molecule has 0 spiro atoms. The highest BCUT2D eigenvalue weighted by molar-refractivity contribution is 6.39. The first-order chi connectivity index (χ1) is 15.1. The van der Waals surface area contributed by atoms with Crippen LogP contribution >= 0.6 is 0 Å². The maximum Gasteiger partial charge on any atom is 0.313 e. The molecule has 2 aromatic carbocycles. The van der Waals surface area contributed by atoms with E-state index < -0.39 is 11.8 Å².